The van der Waals surface area contributed by atoms with Gasteiger partial charge in [0, 0.05) is 24.8 Å². The number of aromatic nitrogens is 1. The van der Waals surface area contributed by atoms with Gasteiger partial charge in [0.1, 0.15) is 6.61 Å². The summed E-state index contributed by atoms with van der Waals surface area (Å²) < 4.78 is 11.0. The van der Waals surface area contributed by atoms with Gasteiger partial charge in [-0.1, -0.05) is 11.6 Å². The van der Waals surface area contributed by atoms with Crippen molar-refractivity contribution in [2.24, 2.45) is 0 Å². The van der Waals surface area contributed by atoms with Crippen molar-refractivity contribution in [1.29, 1.82) is 0 Å². The lowest BCUT2D eigenvalue weighted by molar-refractivity contribution is 0.0663. The number of hydrogen-bond donors (Lipinski definition) is 0. The molecule has 1 atom stereocenters. The highest BCUT2D eigenvalue weighted by atomic mass is 35.5. The van der Waals surface area contributed by atoms with E-state index in [0.717, 1.165) is 25.0 Å². The van der Waals surface area contributed by atoms with E-state index in [1.165, 1.54) is 0 Å². The summed E-state index contributed by atoms with van der Waals surface area (Å²) in [5, 5.41) is 0.569. The zero-order valence-electron chi connectivity index (χ0n) is 8.79. The van der Waals surface area contributed by atoms with Gasteiger partial charge in [-0.3, -0.25) is 0 Å². The van der Waals surface area contributed by atoms with Crippen molar-refractivity contribution in [1.82, 2.24) is 4.98 Å². The van der Waals surface area contributed by atoms with Crippen molar-refractivity contribution in [2.75, 3.05) is 13.2 Å². The van der Waals surface area contributed by atoms with Gasteiger partial charge in [-0.2, -0.15) is 0 Å². The van der Waals surface area contributed by atoms with Gasteiger partial charge in [0.25, 0.3) is 0 Å². The van der Waals surface area contributed by atoms with Crippen LogP contribution < -0.4 is 4.74 Å². The number of ether oxygens (including phenoxy) is 2. The fourth-order valence-electron chi connectivity index (χ4n) is 1.59. The molecule has 88 valence electrons. The average molecular weight is 262 g/mol. The molecular weight excluding hydrogens is 249 g/mol. The van der Waals surface area contributed by atoms with Crippen molar-refractivity contribution in [3.63, 3.8) is 0 Å². The number of halogens is 2. The van der Waals surface area contributed by atoms with Crippen LogP contribution in [0.4, 0.5) is 0 Å². The lowest BCUT2D eigenvalue weighted by Gasteiger charge is -2.11. The number of nitrogens with zero attached hydrogens (tertiary/aromatic N) is 1. The molecule has 5 heteroatoms. The second kappa shape index (κ2) is 5.71. The first-order valence-corrected chi connectivity index (χ1v) is 6.15. The van der Waals surface area contributed by atoms with Crippen molar-refractivity contribution in [3.8, 4) is 5.88 Å². The second-order valence-electron chi connectivity index (χ2n) is 3.69. The fourth-order valence-corrected chi connectivity index (χ4v) is 2.05. The van der Waals surface area contributed by atoms with E-state index in [-0.39, 0.29) is 6.10 Å². The highest BCUT2D eigenvalue weighted by molar-refractivity contribution is 6.32. The van der Waals surface area contributed by atoms with Crippen LogP contribution >= 0.6 is 23.2 Å². The van der Waals surface area contributed by atoms with Crippen LogP contribution in [0, 0.1) is 0 Å². The Morgan fingerprint density at radius 3 is 3.12 bits per heavy atom. The average Bonchev–Trinajstić information content (AvgIpc) is 2.81. The first kappa shape index (κ1) is 12.0. The molecule has 2 rings (SSSR count). The van der Waals surface area contributed by atoms with Gasteiger partial charge < -0.3 is 9.47 Å². The molecule has 0 amide bonds. The molecule has 1 aromatic heterocycles. The molecule has 0 aliphatic carbocycles. The van der Waals surface area contributed by atoms with E-state index in [2.05, 4.69) is 4.98 Å². The van der Waals surface area contributed by atoms with E-state index in [1.807, 2.05) is 0 Å². The summed E-state index contributed by atoms with van der Waals surface area (Å²) >= 11 is 11.6. The topological polar surface area (TPSA) is 31.4 Å². The minimum absolute atomic E-state index is 0.192. The Bertz CT molecular complexity index is 354. The maximum Gasteiger partial charge on any atom is 0.213 e. The molecule has 0 aromatic carbocycles. The van der Waals surface area contributed by atoms with Crippen LogP contribution in [0.2, 0.25) is 5.02 Å². The minimum Gasteiger partial charge on any atom is -0.475 e. The van der Waals surface area contributed by atoms with Gasteiger partial charge >= 0.3 is 0 Å². The smallest absolute Gasteiger partial charge is 0.213 e. The highest BCUT2D eigenvalue weighted by Gasteiger charge is 2.16. The van der Waals surface area contributed by atoms with Crippen LogP contribution in [0.1, 0.15) is 18.4 Å². The Morgan fingerprint density at radius 1 is 1.56 bits per heavy atom. The second-order valence-corrected chi connectivity index (χ2v) is 4.37. The van der Waals surface area contributed by atoms with Crippen LogP contribution in [0.5, 0.6) is 5.88 Å². The third-order valence-corrected chi connectivity index (χ3v) is 3.12. The van der Waals surface area contributed by atoms with E-state index < -0.39 is 0 Å². The molecule has 0 spiro atoms. The standard InChI is InChI=1S/C11H13Cl2NO2/c12-5-8-4-11(14-6-10(8)13)16-7-9-2-1-3-15-9/h4,6,9H,1-3,5,7H2. The highest BCUT2D eigenvalue weighted by Crippen LogP contribution is 2.21. The number of alkyl halides is 1. The van der Waals surface area contributed by atoms with Crippen molar-refractivity contribution in [2.45, 2.75) is 24.8 Å². The molecule has 0 N–H and O–H groups in total. The Balaban J connectivity index is 1.93. The minimum atomic E-state index is 0.192. The molecule has 1 aliphatic rings. The molecular formula is C11H13Cl2NO2. The maximum absolute atomic E-state index is 5.90. The van der Waals surface area contributed by atoms with Gasteiger partial charge in [0.05, 0.1) is 11.1 Å². The van der Waals surface area contributed by atoms with Crippen LogP contribution in [0.15, 0.2) is 12.3 Å². The molecule has 16 heavy (non-hydrogen) atoms. The lowest BCUT2D eigenvalue weighted by Crippen LogP contribution is -2.16. The van der Waals surface area contributed by atoms with Gasteiger partial charge in [-0.25, -0.2) is 4.98 Å². The van der Waals surface area contributed by atoms with Crippen molar-refractivity contribution >= 4 is 23.2 Å². The summed E-state index contributed by atoms with van der Waals surface area (Å²) in [6.45, 7) is 1.37. The van der Waals surface area contributed by atoms with Gasteiger partial charge in [-0.05, 0) is 18.4 Å². The van der Waals surface area contributed by atoms with Crippen LogP contribution in [-0.2, 0) is 10.6 Å². The molecule has 1 aliphatic heterocycles. The van der Waals surface area contributed by atoms with Crippen molar-refractivity contribution < 1.29 is 9.47 Å². The molecule has 1 unspecified atom stereocenters. The molecule has 0 radical (unpaired) electrons. The van der Waals surface area contributed by atoms with E-state index >= 15 is 0 Å². The summed E-state index contributed by atoms with van der Waals surface area (Å²) in [4.78, 5) is 4.08. The summed E-state index contributed by atoms with van der Waals surface area (Å²) in [6, 6.07) is 1.77. The third kappa shape index (κ3) is 3.00. The molecule has 1 saturated heterocycles. The predicted octanol–water partition coefficient (Wildman–Crippen LogP) is 3.03. The van der Waals surface area contributed by atoms with Crippen LogP contribution in [0.3, 0.4) is 0 Å². The first-order valence-electron chi connectivity index (χ1n) is 5.24. The van der Waals surface area contributed by atoms with Crippen LogP contribution in [-0.4, -0.2) is 24.3 Å². The Hall–Kier alpha value is -0.510. The van der Waals surface area contributed by atoms with Crippen molar-refractivity contribution in [3.05, 3.63) is 22.8 Å². The predicted molar refractivity (Wildman–Crippen MR) is 63.3 cm³/mol. The molecule has 3 nitrogen and oxygen atoms in total. The quantitative estimate of drug-likeness (QED) is 0.781. The van der Waals surface area contributed by atoms with E-state index in [1.54, 1.807) is 12.3 Å². The molecule has 2 heterocycles. The number of rotatable bonds is 4. The number of hydrogen-bond acceptors (Lipinski definition) is 3. The molecule has 0 bridgehead atoms. The zero-order valence-corrected chi connectivity index (χ0v) is 10.3. The SMILES string of the molecule is ClCc1cc(OCC2CCCO2)ncc1Cl. The summed E-state index contributed by atoms with van der Waals surface area (Å²) in [5.41, 5.74) is 0.834. The molecule has 1 aromatic rings. The maximum atomic E-state index is 5.90. The third-order valence-electron chi connectivity index (χ3n) is 2.49. The Kier molecular flexibility index (Phi) is 4.27. The van der Waals surface area contributed by atoms with Gasteiger partial charge in [0.15, 0.2) is 0 Å². The van der Waals surface area contributed by atoms with E-state index in [9.17, 15) is 0 Å². The lowest BCUT2D eigenvalue weighted by atomic mass is 10.2. The summed E-state index contributed by atoms with van der Waals surface area (Å²) in [7, 11) is 0. The van der Waals surface area contributed by atoms with Gasteiger partial charge in [0.2, 0.25) is 5.88 Å². The van der Waals surface area contributed by atoms with E-state index in [4.69, 9.17) is 32.7 Å². The Morgan fingerprint density at radius 2 is 2.44 bits per heavy atom. The molecule has 1 fully saturated rings. The summed E-state index contributed by atoms with van der Waals surface area (Å²) in [5.74, 6) is 0.910. The van der Waals surface area contributed by atoms with Gasteiger partial charge in [-0.15, -0.1) is 11.6 Å². The fraction of sp³-hybridized carbons (Fsp3) is 0.545. The monoisotopic (exact) mass is 261 g/mol. The summed E-state index contributed by atoms with van der Waals surface area (Å²) in [6.07, 6.45) is 3.91. The normalized spacial score (nSPS) is 20.0. The number of pyridine rings is 1. The largest absolute Gasteiger partial charge is 0.475 e. The first-order chi connectivity index (χ1) is 7.79. The van der Waals surface area contributed by atoms with E-state index in [0.29, 0.717) is 23.4 Å². The Labute approximate surface area is 105 Å². The van der Waals surface area contributed by atoms with Crippen LogP contribution in [0.25, 0.3) is 0 Å². The zero-order chi connectivity index (χ0) is 11.4. The molecule has 0 saturated carbocycles.